The van der Waals surface area contributed by atoms with Crippen LogP contribution in [0.2, 0.25) is 10.0 Å². The summed E-state index contributed by atoms with van der Waals surface area (Å²) >= 11 is 11.6. The molecule has 0 spiro atoms. The maximum absolute atomic E-state index is 12.0. The zero-order chi connectivity index (χ0) is 12.3. The Morgan fingerprint density at radius 2 is 2.06 bits per heavy atom. The Balaban J connectivity index is 3.05. The number of benzene rings is 1. The van der Waals surface area contributed by atoms with Gasteiger partial charge in [0.15, 0.2) is 0 Å². The Bertz CT molecular complexity index is 434. The summed E-state index contributed by atoms with van der Waals surface area (Å²) in [6.45, 7) is 1.51. The van der Waals surface area contributed by atoms with Gasteiger partial charge in [-0.15, -0.1) is 0 Å². The van der Waals surface area contributed by atoms with Crippen molar-refractivity contribution in [3.05, 3.63) is 28.2 Å². The van der Waals surface area contributed by atoms with Gasteiger partial charge in [0.1, 0.15) is 5.25 Å². The fraction of sp³-hybridized carbons (Fsp3) is 0.300. The van der Waals surface area contributed by atoms with Gasteiger partial charge in [0.2, 0.25) is 0 Å². The van der Waals surface area contributed by atoms with Crippen LogP contribution in [-0.2, 0) is 20.3 Å². The Labute approximate surface area is 106 Å². The van der Waals surface area contributed by atoms with Crippen LogP contribution in [-0.4, -0.2) is 22.5 Å². The van der Waals surface area contributed by atoms with Crippen LogP contribution in [0.25, 0.3) is 0 Å². The van der Waals surface area contributed by atoms with Gasteiger partial charge in [-0.2, -0.15) is 0 Å². The van der Waals surface area contributed by atoms with E-state index in [0.717, 1.165) is 0 Å². The van der Waals surface area contributed by atoms with E-state index in [1.165, 1.54) is 20.1 Å². The molecule has 1 rings (SSSR count). The van der Waals surface area contributed by atoms with Crippen molar-refractivity contribution in [3.63, 3.8) is 0 Å². The van der Waals surface area contributed by atoms with Gasteiger partial charge in [0.25, 0.3) is 0 Å². The van der Waals surface area contributed by atoms with Crippen LogP contribution < -0.4 is 0 Å². The summed E-state index contributed by atoms with van der Waals surface area (Å²) in [7, 11) is -0.325. The van der Waals surface area contributed by atoms with Crippen molar-refractivity contribution >= 4 is 40.0 Å². The molecule has 0 heterocycles. The number of rotatable bonds is 3. The highest BCUT2D eigenvalue weighted by Crippen LogP contribution is 2.25. The summed E-state index contributed by atoms with van der Waals surface area (Å²) < 4.78 is 16.5. The van der Waals surface area contributed by atoms with Gasteiger partial charge in [0, 0.05) is 5.02 Å². The molecule has 0 amide bonds. The first-order valence-corrected chi connectivity index (χ1v) is 6.37. The monoisotopic (exact) mass is 280 g/mol. The Morgan fingerprint density at radius 1 is 1.44 bits per heavy atom. The molecule has 0 fully saturated rings. The zero-order valence-electron chi connectivity index (χ0n) is 8.70. The highest BCUT2D eigenvalue weighted by molar-refractivity contribution is 7.86. The van der Waals surface area contributed by atoms with Gasteiger partial charge in [-0.25, -0.2) is 0 Å². The van der Waals surface area contributed by atoms with Crippen LogP contribution in [0.1, 0.15) is 6.92 Å². The highest BCUT2D eigenvalue weighted by atomic mass is 35.5. The lowest BCUT2D eigenvalue weighted by atomic mass is 10.4. The molecular weight excluding hydrogens is 271 g/mol. The first-order valence-electron chi connectivity index (χ1n) is 4.41. The van der Waals surface area contributed by atoms with E-state index >= 15 is 0 Å². The van der Waals surface area contributed by atoms with E-state index in [9.17, 15) is 9.00 Å². The predicted octanol–water partition coefficient (Wildman–Crippen LogP) is 2.66. The Morgan fingerprint density at radius 3 is 2.62 bits per heavy atom. The lowest BCUT2D eigenvalue weighted by Gasteiger charge is -2.10. The molecule has 0 saturated heterocycles. The Kier molecular flexibility index (Phi) is 4.77. The van der Waals surface area contributed by atoms with Crippen molar-refractivity contribution in [2.75, 3.05) is 7.11 Å². The van der Waals surface area contributed by atoms with E-state index in [-0.39, 0.29) is 0 Å². The summed E-state index contributed by atoms with van der Waals surface area (Å²) in [6.07, 6.45) is 0. The SMILES string of the molecule is COC(=O)C(C)S(=O)c1cc(Cl)ccc1Cl. The van der Waals surface area contributed by atoms with Crippen LogP contribution in [0, 0.1) is 0 Å². The predicted molar refractivity (Wildman–Crippen MR) is 64.3 cm³/mol. The molecule has 3 nitrogen and oxygen atoms in total. The fourth-order valence-electron chi connectivity index (χ4n) is 1.08. The van der Waals surface area contributed by atoms with Crippen LogP contribution in [0.3, 0.4) is 0 Å². The average molecular weight is 281 g/mol. The van der Waals surface area contributed by atoms with Crippen LogP contribution in [0.15, 0.2) is 23.1 Å². The van der Waals surface area contributed by atoms with Crippen LogP contribution >= 0.6 is 23.2 Å². The first-order chi connectivity index (χ1) is 7.47. The molecular formula is C10H10Cl2O3S. The molecule has 0 radical (unpaired) electrons. The minimum absolute atomic E-state index is 0.318. The molecule has 0 saturated carbocycles. The lowest BCUT2D eigenvalue weighted by molar-refractivity contribution is -0.139. The lowest BCUT2D eigenvalue weighted by Crippen LogP contribution is -2.24. The molecule has 1 aromatic rings. The third kappa shape index (κ3) is 2.97. The summed E-state index contributed by atoms with van der Waals surface area (Å²) in [5.74, 6) is -0.547. The second-order valence-electron chi connectivity index (χ2n) is 3.04. The molecule has 0 bridgehead atoms. The standard InChI is InChI=1S/C10H10Cl2O3S/c1-6(10(13)15-2)16(14)9-5-7(11)3-4-8(9)12/h3-6H,1-2H3. The molecule has 0 aliphatic heterocycles. The van der Waals surface area contributed by atoms with Gasteiger partial charge in [-0.05, 0) is 25.1 Å². The number of halogens is 2. The number of esters is 1. The molecule has 88 valence electrons. The average Bonchev–Trinajstić information content (AvgIpc) is 2.29. The normalized spacial score (nSPS) is 14.2. The Hall–Kier alpha value is -0.580. The molecule has 1 aromatic carbocycles. The first kappa shape index (κ1) is 13.5. The maximum atomic E-state index is 12.0. The van der Waals surface area contributed by atoms with Crippen LogP contribution in [0.5, 0.6) is 0 Å². The quantitative estimate of drug-likeness (QED) is 0.800. The van der Waals surface area contributed by atoms with Gasteiger partial charge >= 0.3 is 5.97 Å². The molecule has 0 aliphatic rings. The van der Waals surface area contributed by atoms with Crippen molar-refractivity contribution in [3.8, 4) is 0 Å². The molecule has 16 heavy (non-hydrogen) atoms. The van der Waals surface area contributed by atoms with Gasteiger partial charge in [-0.1, -0.05) is 23.2 Å². The van der Waals surface area contributed by atoms with Crippen molar-refractivity contribution in [2.45, 2.75) is 17.1 Å². The van der Waals surface area contributed by atoms with E-state index in [1.807, 2.05) is 0 Å². The fourth-order valence-corrected chi connectivity index (χ4v) is 2.81. The maximum Gasteiger partial charge on any atom is 0.321 e. The molecule has 0 N–H and O–H groups in total. The largest absolute Gasteiger partial charge is 0.468 e. The number of carbonyl (C=O) groups is 1. The highest BCUT2D eigenvalue weighted by Gasteiger charge is 2.23. The van der Waals surface area contributed by atoms with Crippen molar-refractivity contribution < 1.29 is 13.7 Å². The number of ether oxygens (including phenoxy) is 1. The van der Waals surface area contributed by atoms with E-state index < -0.39 is 22.0 Å². The van der Waals surface area contributed by atoms with Crippen molar-refractivity contribution in [1.82, 2.24) is 0 Å². The minimum atomic E-state index is -1.57. The minimum Gasteiger partial charge on any atom is -0.468 e. The molecule has 2 atom stereocenters. The van der Waals surface area contributed by atoms with Crippen molar-refractivity contribution in [2.24, 2.45) is 0 Å². The second-order valence-corrected chi connectivity index (χ2v) is 5.62. The van der Waals surface area contributed by atoms with E-state index in [4.69, 9.17) is 23.2 Å². The van der Waals surface area contributed by atoms with Crippen LogP contribution in [0.4, 0.5) is 0 Å². The zero-order valence-corrected chi connectivity index (χ0v) is 11.0. The topological polar surface area (TPSA) is 43.4 Å². The van der Waals surface area contributed by atoms with Gasteiger partial charge in [-0.3, -0.25) is 9.00 Å². The third-order valence-electron chi connectivity index (χ3n) is 1.96. The summed E-state index contributed by atoms with van der Waals surface area (Å²) in [4.78, 5) is 11.6. The number of hydrogen-bond acceptors (Lipinski definition) is 3. The van der Waals surface area contributed by atoms with Gasteiger partial charge < -0.3 is 4.74 Å². The smallest absolute Gasteiger partial charge is 0.321 e. The summed E-state index contributed by atoms with van der Waals surface area (Å²) in [6, 6.07) is 4.62. The summed E-state index contributed by atoms with van der Waals surface area (Å²) in [5, 5.41) is -0.0377. The summed E-state index contributed by atoms with van der Waals surface area (Å²) in [5.41, 5.74) is 0. The van der Waals surface area contributed by atoms with Crippen molar-refractivity contribution in [1.29, 1.82) is 0 Å². The molecule has 0 aromatic heterocycles. The molecule has 0 aliphatic carbocycles. The van der Waals surface area contributed by atoms with E-state index in [0.29, 0.717) is 14.9 Å². The second kappa shape index (κ2) is 5.66. The van der Waals surface area contributed by atoms with E-state index in [2.05, 4.69) is 4.74 Å². The molecule has 2 unspecified atom stereocenters. The molecule has 6 heteroatoms. The number of hydrogen-bond donors (Lipinski definition) is 0. The number of carbonyl (C=O) groups excluding carboxylic acids is 1. The van der Waals surface area contributed by atoms with Gasteiger partial charge in [0.05, 0.1) is 27.8 Å². The number of methoxy groups -OCH3 is 1. The third-order valence-corrected chi connectivity index (χ3v) is 4.25. The van der Waals surface area contributed by atoms with E-state index in [1.54, 1.807) is 12.1 Å².